The Bertz CT molecular complexity index is 1020. The molecule has 4 aromatic rings. The molecule has 1 aromatic heterocycles. The van der Waals surface area contributed by atoms with Crippen LogP contribution in [0.2, 0.25) is 0 Å². The summed E-state index contributed by atoms with van der Waals surface area (Å²) in [5, 5.41) is 1.03. The molecule has 0 atom stereocenters. The lowest BCUT2D eigenvalue weighted by Gasteiger charge is -1.99. The number of hydrogen-bond acceptors (Lipinski definition) is 3. The molecule has 0 aliphatic carbocycles. The first-order valence-corrected chi connectivity index (χ1v) is 10.0. The maximum absolute atomic E-state index is 4.70. The van der Waals surface area contributed by atoms with E-state index in [9.17, 15) is 0 Å². The molecular weight excluding hydrogens is 460 g/mol. The van der Waals surface area contributed by atoms with Crippen molar-refractivity contribution in [3.8, 4) is 10.6 Å². The van der Waals surface area contributed by atoms with Gasteiger partial charge in [0.15, 0.2) is 0 Å². The zero-order valence-corrected chi connectivity index (χ0v) is 17.0. The van der Waals surface area contributed by atoms with E-state index >= 15 is 0 Å². The molecule has 122 valence electrons. The van der Waals surface area contributed by atoms with Crippen LogP contribution in [0.25, 0.3) is 20.8 Å². The van der Waals surface area contributed by atoms with E-state index in [1.807, 2.05) is 54.7 Å². The highest BCUT2D eigenvalue weighted by Gasteiger charge is 2.05. The molecule has 0 unspecified atom stereocenters. The van der Waals surface area contributed by atoms with Crippen molar-refractivity contribution in [2.75, 3.05) is 0 Å². The van der Waals surface area contributed by atoms with E-state index in [0.717, 1.165) is 36.3 Å². The molecular formula is C20H12Br2N2S. The highest BCUT2D eigenvalue weighted by atomic mass is 79.9. The summed E-state index contributed by atoms with van der Waals surface area (Å²) in [5.74, 6) is 0. The molecule has 1 heterocycles. The Balaban J connectivity index is 1.58. The predicted molar refractivity (Wildman–Crippen MR) is 114 cm³/mol. The molecule has 2 nitrogen and oxygen atoms in total. The maximum Gasteiger partial charge on any atom is 0.124 e. The molecule has 5 heteroatoms. The summed E-state index contributed by atoms with van der Waals surface area (Å²) in [6.07, 6.45) is 1.86. The van der Waals surface area contributed by atoms with Gasteiger partial charge in [0.1, 0.15) is 5.01 Å². The number of hydrogen-bond donors (Lipinski definition) is 0. The minimum atomic E-state index is 0.918. The van der Waals surface area contributed by atoms with Gasteiger partial charge in [-0.3, -0.25) is 4.99 Å². The van der Waals surface area contributed by atoms with Gasteiger partial charge >= 0.3 is 0 Å². The molecule has 4 rings (SSSR count). The Labute approximate surface area is 166 Å². The lowest BCUT2D eigenvalue weighted by atomic mass is 10.2. The Kier molecular flexibility index (Phi) is 4.79. The van der Waals surface area contributed by atoms with E-state index in [1.165, 1.54) is 4.70 Å². The van der Waals surface area contributed by atoms with E-state index in [-0.39, 0.29) is 0 Å². The second-order valence-electron chi connectivity index (χ2n) is 5.49. The van der Waals surface area contributed by atoms with Gasteiger partial charge in [-0.2, -0.15) is 0 Å². The molecule has 0 bridgehead atoms. The first-order chi connectivity index (χ1) is 12.2. The van der Waals surface area contributed by atoms with Crippen molar-refractivity contribution in [2.45, 2.75) is 0 Å². The Morgan fingerprint density at radius 2 is 1.60 bits per heavy atom. The van der Waals surface area contributed by atoms with Gasteiger partial charge in [0.05, 0.1) is 15.9 Å². The van der Waals surface area contributed by atoms with Gasteiger partial charge in [-0.15, -0.1) is 11.3 Å². The van der Waals surface area contributed by atoms with Crippen molar-refractivity contribution in [3.63, 3.8) is 0 Å². The summed E-state index contributed by atoms with van der Waals surface area (Å²) < 4.78 is 3.25. The zero-order valence-electron chi connectivity index (χ0n) is 13.0. The van der Waals surface area contributed by atoms with E-state index in [1.54, 1.807) is 11.3 Å². The number of halogens is 2. The quantitative estimate of drug-likeness (QED) is 0.289. The van der Waals surface area contributed by atoms with Gasteiger partial charge in [0, 0.05) is 20.7 Å². The van der Waals surface area contributed by atoms with Crippen molar-refractivity contribution in [1.82, 2.24) is 4.98 Å². The third kappa shape index (κ3) is 3.89. The molecule has 0 saturated heterocycles. The van der Waals surface area contributed by atoms with Crippen LogP contribution in [0.15, 0.2) is 80.7 Å². The third-order valence-corrected chi connectivity index (χ3v) is 5.66. The average Bonchev–Trinajstić information content (AvgIpc) is 3.04. The lowest BCUT2D eigenvalue weighted by molar-refractivity contribution is 1.46. The van der Waals surface area contributed by atoms with E-state index in [4.69, 9.17) is 4.98 Å². The van der Waals surface area contributed by atoms with Crippen LogP contribution in [0.3, 0.4) is 0 Å². The highest BCUT2D eigenvalue weighted by molar-refractivity contribution is 9.11. The molecule has 0 aliphatic rings. The lowest BCUT2D eigenvalue weighted by Crippen LogP contribution is -1.81. The molecule has 0 radical (unpaired) electrons. The fourth-order valence-electron chi connectivity index (χ4n) is 2.48. The second-order valence-corrected chi connectivity index (χ2v) is 8.36. The van der Waals surface area contributed by atoms with Crippen LogP contribution in [-0.4, -0.2) is 11.2 Å². The summed E-state index contributed by atoms with van der Waals surface area (Å²) in [7, 11) is 0. The van der Waals surface area contributed by atoms with Crippen LogP contribution < -0.4 is 0 Å². The van der Waals surface area contributed by atoms with Gasteiger partial charge in [-0.25, -0.2) is 4.98 Å². The predicted octanol–water partition coefficient (Wildman–Crippen LogP) is 7.24. The monoisotopic (exact) mass is 470 g/mol. The molecule has 0 amide bonds. The summed E-state index contributed by atoms with van der Waals surface area (Å²) >= 11 is 8.69. The summed E-state index contributed by atoms with van der Waals surface area (Å²) in [6, 6.07) is 22.5. The van der Waals surface area contributed by atoms with Gasteiger partial charge < -0.3 is 0 Å². The Hall–Kier alpha value is -1.82. The topological polar surface area (TPSA) is 25.2 Å². The standard InChI is InChI=1S/C20H12Br2N2S/c21-15-9-13(10-16(22)11-15)12-23-17-7-5-14(6-8-17)20-24-18-3-1-2-4-19(18)25-20/h1-12H. The van der Waals surface area contributed by atoms with Gasteiger partial charge in [-0.1, -0.05) is 44.0 Å². The van der Waals surface area contributed by atoms with Gasteiger partial charge in [0.25, 0.3) is 0 Å². The molecule has 0 saturated carbocycles. The molecule has 25 heavy (non-hydrogen) atoms. The number of aromatic nitrogens is 1. The van der Waals surface area contributed by atoms with Crippen LogP contribution in [-0.2, 0) is 0 Å². The number of thiazole rings is 1. The van der Waals surface area contributed by atoms with Crippen molar-refractivity contribution in [2.24, 2.45) is 4.99 Å². The van der Waals surface area contributed by atoms with E-state index < -0.39 is 0 Å². The SMILES string of the molecule is Brc1cc(Br)cc(C=Nc2ccc(-c3nc4ccccc4s3)cc2)c1. The van der Waals surface area contributed by atoms with E-state index in [0.29, 0.717) is 0 Å². The van der Waals surface area contributed by atoms with Crippen LogP contribution in [0.4, 0.5) is 5.69 Å². The van der Waals surface area contributed by atoms with Crippen molar-refractivity contribution in [3.05, 3.63) is 81.2 Å². The van der Waals surface area contributed by atoms with E-state index in [2.05, 4.69) is 55.1 Å². The fourth-order valence-corrected chi connectivity index (χ4v) is 4.78. The molecule has 0 fully saturated rings. The van der Waals surface area contributed by atoms with Crippen molar-refractivity contribution in [1.29, 1.82) is 0 Å². The highest BCUT2D eigenvalue weighted by Crippen LogP contribution is 2.31. The minimum absolute atomic E-state index is 0.918. The number of rotatable bonds is 3. The number of fused-ring (bicyclic) bond motifs is 1. The minimum Gasteiger partial charge on any atom is -0.256 e. The summed E-state index contributed by atoms with van der Waals surface area (Å²) in [4.78, 5) is 9.25. The first kappa shape index (κ1) is 16.6. The summed E-state index contributed by atoms with van der Waals surface area (Å²) in [6.45, 7) is 0. The largest absolute Gasteiger partial charge is 0.256 e. The first-order valence-electron chi connectivity index (χ1n) is 7.63. The average molecular weight is 472 g/mol. The number of nitrogens with zero attached hydrogens (tertiary/aromatic N) is 2. The number of para-hydroxylation sites is 1. The van der Waals surface area contributed by atoms with Gasteiger partial charge in [-0.05, 0) is 60.2 Å². The second kappa shape index (κ2) is 7.20. The van der Waals surface area contributed by atoms with Crippen molar-refractivity contribution >= 4 is 65.3 Å². The fraction of sp³-hybridized carbons (Fsp3) is 0. The smallest absolute Gasteiger partial charge is 0.124 e. The number of benzene rings is 3. The van der Waals surface area contributed by atoms with Crippen LogP contribution in [0, 0.1) is 0 Å². The van der Waals surface area contributed by atoms with Crippen LogP contribution in [0.5, 0.6) is 0 Å². The van der Waals surface area contributed by atoms with Gasteiger partial charge in [0.2, 0.25) is 0 Å². The maximum atomic E-state index is 4.70. The number of aliphatic imine (C=N–C) groups is 1. The van der Waals surface area contributed by atoms with Crippen molar-refractivity contribution < 1.29 is 0 Å². The summed E-state index contributed by atoms with van der Waals surface area (Å²) in [5.41, 5.74) is 4.12. The molecule has 0 aliphatic heterocycles. The molecule has 0 N–H and O–H groups in total. The van der Waals surface area contributed by atoms with Crippen LogP contribution in [0.1, 0.15) is 5.56 Å². The Morgan fingerprint density at radius 1 is 0.880 bits per heavy atom. The molecule has 0 spiro atoms. The normalized spacial score (nSPS) is 11.4. The Morgan fingerprint density at radius 3 is 2.32 bits per heavy atom. The third-order valence-electron chi connectivity index (χ3n) is 3.66. The molecule has 3 aromatic carbocycles. The van der Waals surface area contributed by atoms with Crippen LogP contribution >= 0.6 is 43.2 Å². The zero-order chi connectivity index (χ0) is 17.2.